The van der Waals surface area contributed by atoms with E-state index in [-0.39, 0.29) is 16.5 Å². The summed E-state index contributed by atoms with van der Waals surface area (Å²) in [5.41, 5.74) is 3.23. The molecule has 0 aromatic heterocycles. The number of benzene rings is 4. The molecular weight excluding hydrogens is 585 g/mol. The van der Waals surface area contributed by atoms with Crippen molar-refractivity contribution >= 4 is 57.0 Å². The first-order valence-corrected chi connectivity index (χ1v) is 15.6. The Labute approximate surface area is 254 Å². The van der Waals surface area contributed by atoms with E-state index in [1.54, 1.807) is 67.6 Å². The zero-order valence-electron chi connectivity index (χ0n) is 23.4. The number of anilines is 2. The van der Waals surface area contributed by atoms with Crippen molar-refractivity contribution in [2.24, 2.45) is 5.14 Å². The van der Waals surface area contributed by atoms with Crippen molar-refractivity contribution in [1.82, 2.24) is 5.32 Å². The van der Waals surface area contributed by atoms with Crippen molar-refractivity contribution < 1.29 is 22.8 Å². The van der Waals surface area contributed by atoms with Gasteiger partial charge in [-0.15, -0.1) is 11.8 Å². The maximum atomic E-state index is 13.3. The molecule has 0 radical (unpaired) electrons. The predicted octanol–water partition coefficient (Wildman–Crippen LogP) is 5.17. The SMILES string of the molecule is Cc1cccc(/C=C(\NC(=O)c2ccccc2)C(=O)Nc2ccc(SC(C)C(=O)Nc3ccc(S(N)(=O)=O)cc3)cc2)c1. The quantitative estimate of drug-likeness (QED) is 0.143. The van der Waals surface area contributed by atoms with Crippen molar-refractivity contribution in [3.8, 4) is 0 Å². The summed E-state index contributed by atoms with van der Waals surface area (Å²) in [5, 5.41) is 12.9. The second-order valence-corrected chi connectivity index (χ2v) is 12.6. The van der Waals surface area contributed by atoms with Gasteiger partial charge in [-0.25, -0.2) is 13.6 Å². The van der Waals surface area contributed by atoms with Gasteiger partial charge in [0.2, 0.25) is 15.9 Å². The van der Waals surface area contributed by atoms with E-state index in [4.69, 9.17) is 5.14 Å². The van der Waals surface area contributed by atoms with Crippen LogP contribution >= 0.6 is 11.8 Å². The Bertz CT molecular complexity index is 1760. The molecule has 9 nitrogen and oxygen atoms in total. The molecule has 3 amide bonds. The van der Waals surface area contributed by atoms with Crippen molar-refractivity contribution in [3.05, 3.63) is 126 Å². The molecule has 43 heavy (non-hydrogen) atoms. The third-order valence-electron chi connectivity index (χ3n) is 6.13. The zero-order chi connectivity index (χ0) is 31.0. The largest absolute Gasteiger partial charge is 0.325 e. The Morgan fingerprint density at radius 2 is 1.44 bits per heavy atom. The number of thioether (sulfide) groups is 1. The van der Waals surface area contributed by atoms with Gasteiger partial charge in [-0.3, -0.25) is 14.4 Å². The number of rotatable bonds is 10. The number of carbonyl (C=O) groups excluding carboxylic acids is 3. The highest BCUT2D eigenvalue weighted by atomic mass is 32.2. The van der Waals surface area contributed by atoms with Crippen LogP contribution in [0.5, 0.6) is 0 Å². The van der Waals surface area contributed by atoms with Crippen LogP contribution in [-0.2, 0) is 19.6 Å². The summed E-state index contributed by atoms with van der Waals surface area (Å²) in [6.07, 6.45) is 1.62. The molecule has 0 heterocycles. The molecule has 5 N–H and O–H groups in total. The number of primary sulfonamides is 1. The number of aryl methyl sites for hydroxylation is 1. The van der Waals surface area contributed by atoms with Gasteiger partial charge in [0.15, 0.2) is 0 Å². The van der Waals surface area contributed by atoms with E-state index in [2.05, 4.69) is 16.0 Å². The van der Waals surface area contributed by atoms with E-state index >= 15 is 0 Å². The summed E-state index contributed by atoms with van der Waals surface area (Å²) in [7, 11) is -3.82. The molecule has 0 aliphatic rings. The molecule has 0 bridgehead atoms. The minimum absolute atomic E-state index is 0.0450. The number of nitrogens with one attached hydrogen (secondary N) is 3. The number of hydrogen-bond acceptors (Lipinski definition) is 6. The van der Waals surface area contributed by atoms with Crippen LogP contribution in [0, 0.1) is 6.92 Å². The molecular formula is C32H30N4O5S2. The average Bonchev–Trinajstić information content (AvgIpc) is 2.98. The fourth-order valence-electron chi connectivity index (χ4n) is 3.91. The standard InChI is InChI=1S/C32H30N4O5S2/c1-21-7-6-8-23(19-21)20-29(36-31(38)24-9-4-3-5-10-24)32(39)35-25-11-15-27(16-12-25)42-22(2)30(37)34-26-13-17-28(18-14-26)43(33,40)41/h3-20,22H,1-2H3,(H,34,37)(H,35,39)(H,36,38)(H2,33,40,41)/b29-20-. The van der Waals surface area contributed by atoms with Gasteiger partial charge in [0.1, 0.15) is 5.70 Å². The summed E-state index contributed by atoms with van der Waals surface area (Å²) >= 11 is 1.31. The van der Waals surface area contributed by atoms with E-state index in [1.807, 2.05) is 31.2 Å². The highest BCUT2D eigenvalue weighted by molar-refractivity contribution is 8.00. The lowest BCUT2D eigenvalue weighted by Gasteiger charge is -2.14. The number of carbonyl (C=O) groups is 3. The van der Waals surface area contributed by atoms with Gasteiger partial charge in [0.25, 0.3) is 11.8 Å². The van der Waals surface area contributed by atoms with E-state index in [1.165, 1.54) is 36.0 Å². The summed E-state index contributed by atoms with van der Waals surface area (Å²) in [5.74, 6) is -1.17. The Kier molecular flexibility index (Phi) is 10.1. The highest BCUT2D eigenvalue weighted by Crippen LogP contribution is 2.26. The van der Waals surface area contributed by atoms with Crippen LogP contribution in [0.3, 0.4) is 0 Å². The normalized spacial score (nSPS) is 12.2. The van der Waals surface area contributed by atoms with Crippen molar-refractivity contribution in [1.29, 1.82) is 0 Å². The van der Waals surface area contributed by atoms with Gasteiger partial charge in [0.05, 0.1) is 10.1 Å². The third kappa shape index (κ3) is 9.14. The van der Waals surface area contributed by atoms with Gasteiger partial charge >= 0.3 is 0 Å². The first-order valence-electron chi connectivity index (χ1n) is 13.1. The average molecular weight is 615 g/mol. The molecule has 4 rings (SSSR count). The van der Waals surface area contributed by atoms with Crippen molar-refractivity contribution in [2.75, 3.05) is 10.6 Å². The van der Waals surface area contributed by atoms with Gasteiger partial charge < -0.3 is 16.0 Å². The lowest BCUT2D eigenvalue weighted by molar-refractivity contribution is -0.115. The summed E-state index contributed by atoms with van der Waals surface area (Å²) in [6.45, 7) is 3.68. The maximum Gasteiger partial charge on any atom is 0.272 e. The third-order valence-corrected chi connectivity index (χ3v) is 8.17. The van der Waals surface area contributed by atoms with Crippen LogP contribution in [0.1, 0.15) is 28.4 Å². The fourth-order valence-corrected chi connectivity index (χ4v) is 5.30. The van der Waals surface area contributed by atoms with Crippen LogP contribution in [0.4, 0.5) is 11.4 Å². The minimum Gasteiger partial charge on any atom is -0.325 e. The monoisotopic (exact) mass is 614 g/mol. The molecule has 1 atom stereocenters. The van der Waals surface area contributed by atoms with Crippen LogP contribution < -0.4 is 21.1 Å². The molecule has 1 unspecified atom stereocenters. The molecule has 0 aliphatic heterocycles. The first-order chi connectivity index (χ1) is 20.5. The number of nitrogens with two attached hydrogens (primary N) is 1. The molecule has 0 spiro atoms. The second kappa shape index (κ2) is 14.0. The summed E-state index contributed by atoms with van der Waals surface area (Å²) < 4.78 is 22.8. The molecule has 4 aromatic carbocycles. The van der Waals surface area contributed by atoms with Crippen LogP contribution in [0.2, 0.25) is 0 Å². The first kappa shape index (κ1) is 31.2. The molecule has 0 fully saturated rings. The molecule has 11 heteroatoms. The van der Waals surface area contributed by atoms with Gasteiger partial charge in [-0.2, -0.15) is 0 Å². The fraction of sp³-hybridized carbons (Fsp3) is 0.0938. The Hall–Kier alpha value is -4.71. The second-order valence-electron chi connectivity index (χ2n) is 9.59. The topological polar surface area (TPSA) is 147 Å². The lowest BCUT2D eigenvalue weighted by atomic mass is 10.1. The molecule has 4 aromatic rings. The minimum atomic E-state index is -3.82. The van der Waals surface area contributed by atoms with E-state index in [0.717, 1.165) is 16.0 Å². The van der Waals surface area contributed by atoms with Crippen LogP contribution in [0.15, 0.2) is 119 Å². The van der Waals surface area contributed by atoms with E-state index in [9.17, 15) is 22.8 Å². The summed E-state index contributed by atoms with van der Waals surface area (Å²) in [6, 6.07) is 28.8. The lowest BCUT2D eigenvalue weighted by Crippen LogP contribution is -2.30. The van der Waals surface area contributed by atoms with E-state index < -0.39 is 27.1 Å². The van der Waals surface area contributed by atoms with Crippen molar-refractivity contribution in [2.45, 2.75) is 28.9 Å². The van der Waals surface area contributed by atoms with E-state index in [0.29, 0.717) is 16.9 Å². The number of hydrogen-bond donors (Lipinski definition) is 4. The van der Waals surface area contributed by atoms with Crippen LogP contribution in [0.25, 0.3) is 6.08 Å². The smallest absolute Gasteiger partial charge is 0.272 e. The molecule has 0 aliphatic carbocycles. The summed E-state index contributed by atoms with van der Waals surface area (Å²) in [4.78, 5) is 39.5. The Balaban J connectivity index is 1.41. The molecule has 0 saturated carbocycles. The predicted molar refractivity (Wildman–Crippen MR) is 170 cm³/mol. The van der Waals surface area contributed by atoms with Gasteiger partial charge in [0, 0.05) is 21.8 Å². The van der Waals surface area contributed by atoms with Gasteiger partial charge in [-0.05, 0) is 86.2 Å². The zero-order valence-corrected chi connectivity index (χ0v) is 25.0. The molecule has 220 valence electrons. The Morgan fingerprint density at radius 3 is 2.07 bits per heavy atom. The number of amides is 3. The Morgan fingerprint density at radius 1 is 0.814 bits per heavy atom. The van der Waals surface area contributed by atoms with Crippen molar-refractivity contribution in [3.63, 3.8) is 0 Å². The van der Waals surface area contributed by atoms with Crippen LogP contribution in [-0.4, -0.2) is 31.4 Å². The maximum absolute atomic E-state index is 13.3. The van der Waals surface area contributed by atoms with Gasteiger partial charge in [-0.1, -0.05) is 48.0 Å². The number of sulfonamides is 1. The molecule has 0 saturated heterocycles. The highest BCUT2D eigenvalue weighted by Gasteiger charge is 2.17.